The molecular formula is C25H29N3O2. The second-order valence-electron chi connectivity index (χ2n) is 8.36. The van der Waals surface area contributed by atoms with E-state index < -0.39 is 0 Å². The number of carbonyl (C=O) groups excluding carboxylic acids is 1. The fourth-order valence-electron chi connectivity index (χ4n) is 3.48. The van der Waals surface area contributed by atoms with Crippen molar-refractivity contribution in [3.63, 3.8) is 0 Å². The number of nitrogens with zero attached hydrogens (tertiary/aromatic N) is 2. The Kier molecular flexibility index (Phi) is 6.11. The summed E-state index contributed by atoms with van der Waals surface area (Å²) in [6, 6.07) is 17.8. The number of amides is 1. The lowest BCUT2D eigenvalue weighted by Gasteiger charge is -2.20. The predicted octanol–water partition coefficient (Wildman–Crippen LogP) is 5.16. The van der Waals surface area contributed by atoms with Crippen LogP contribution in [0, 0.1) is 13.8 Å². The Hall–Kier alpha value is -3.34. The van der Waals surface area contributed by atoms with Gasteiger partial charge in [0.05, 0.1) is 18.9 Å². The number of hydrazone groups is 1. The molecule has 0 aliphatic carbocycles. The van der Waals surface area contributed by atoms with E-state index in [1.807, 2.05) is 13.0 Å². The first kappa shape index (κ1) is 21.4. The molecule has 1 aromatic heterocycles. The molecule has 0 spiro atoms. The van der Waals surface area contributed by atoms with Gasteiger partial charge in [-0.05, 0) is 55.2 Å². The van der Waals surface area contributed by atoms with E-state index >= 15 is 0 Å². The number of hydrogen-bond donors (Lipinski definition) is 1. The second-order valence-corrected chi connectivity index (χ2v) is 8.36. The zero-order chi connectivity index (χ0) is 21.9. The average molecular weight is 404 g/mol. The normalized spacial score (nSPS) is 11.7. The van der Waals surface area contributed by atoms with Crippen molar-refractivity contribution in [1.82, 2.24) is 9.99 Å². The molecule has 0 atom stereocenters. The molecule has 0 saturated carbocycles. The van der Waals surface area contributed by atoms with Crippen LogP contribution in [0.4, 0.5) is 0 Å². The van der Waals surface area contributed by atoms with Crippen molar-refractivity contribution in [2.24, 2.45) is 5.10 Å². The molecule has 1 N–H and O–H groups in total. The van der Waals surface area contributed by atoms with E-state index in [0.29, 0.717) is 11.3 Å². The Bertz CT molecular complexity index is 1070. The van der Waals surface area contributed by atoms with Gasteiger partial charge in [-0.3, -0.25) is 4.79 Å². The highest BCUT2D eigenvalue weighted by atomic mass is 16.5. The third-order valence-electron chi connectivity index (χ3n) is 5.18. The van der Waals surface area contributed by atoms with Gasteiger partial charge in [0.1, 0.15) is 5.75 Å². The third-order valence-corrected chi connectivity index (χ3v) is 5.18. The van der Waals surface area contributed by atoms with Gasteiger partial charge in [0.2, 0.25) is 0 Å². The van der Waals surface area contributed by atoms with Crippen molar-refractivity contribution in [3.05, 3.63) is 82.7 Å². The van der Waals surface area contributed by atoms with Crippen LogP contribution in [0.25, 0.3) is 5.69 Å². The lowest BCUT2D eigenvalue weighted by molar-refractivity contribution is 0.0952. The van der Waals surface area contributed by atoms with Gasteiger partial charge < -0.3 is 9.30 Å². The van der Waals surface area contributed by atoms with Crippen LogP contribution < -0.4 is 10.2 Å². The summed E-state index contributed by atoms with van der Waals surface area (Å²) < 4.78 is 7.42. The van der Waals surface area contributed by atoms with E-state index in [1.54, 1.807) is 24.4 Å². The molecule has 0 aliphatic heterocycles. The SMILES string of the molecule is COc1ccccc1C(=O)N/N=C\c1cc(C)n(-c2ccc(C(C)(C)C)cc2)c1C. The van der Waals surface area contributed by atoms with Gasteiger partial charge in [-0.1, -0.05) is 45.0 Å². The number of methoxy groups -OCH3 is 1. The summed E-state index contributed by atoms with van der Waals surface area (Å²) in [5.74, 6) is 0.206. The number of carbonyl (C=O) groups is 1. The molecule has 2 aromatic carbocycles. The standard InChI is InChI=1S/C25H29N3O2/c1-17-15-19(16-26-27-24(29)22-9-7-8-10-23(22)30-6)18(2)28(17)21-13-11-20(12-14-21)25(3,4)5/h7-16H,1-6H3,(H,27,29)/b26-16-. The highest BCUT2D eigenvalue weighted by molar-refractivity contribution is 5.97. The number of aromatic nitrogens is 1. The molecule has 0 radical (unpaired) electrons. The number of benzene rings is 2. The summed E-state index contributed by atoms with van der Waals surface area (Å²) in [6.07, 6.45) is 1.68. The number of rotatable bonds is 5. The van der Waals surface area contributed by atoms with Gasteiger partial charge >= 0.3 is 0 Å². The Morgan fingerprint density at radius 2 is 1.73 bits per heavy atom. The summed E-state index contributed by atoms with van der Waals surface area (Å²) in [5, 5.41) is 4.16. The van der Waals surface area contributed by atoms with Crippen LogP contribution in [0.3, 0.4) is 0 Å². The largest absolute Gasteiger partial charge is 0.496 e. The molecule has 5 heteroatoms. The minimum Gasteiger partial charge on any atom is -0.496 e. The molecule has 0 bridgehead atoms. The lowest BCUT2D eigenvalue weighted by atomic mass is 9.87. The average Bonchev–Trinajstić information content (AvgIpc) is 3.00. The molecular weight excluding hydrogens is 374 g/mol. The molecule has 0 saturated heterocycles. The predicted molar refractivity (Wildman–Crippen MR) is 122 cm³/mol. The van der Waals surface area contributed by atoms with Crippen LogP contribution in [-0.4, -0.2) is 23.8 Å². The lowest BCUT2D eigenvalue weighted by Crippen LogP contribution is -2.18. The number of aryl methyl sites for hydroxylation is 1. The Morgan fingerprint density at radius 1 is 1.07 bits per heavy atom. The van der Waals surface area contributed by atoms with Crippen molar-refractivity contribution in [2.75, 3.05) is 7.11 Å². The van der Waals surface area contributed by atoms with Crippen LogP contribution in [0.2, 0.25) is 0 Å². The summed E-state index contributed by atoms with van der Waals surface area (Å²) in [5.41, 5.74) is 8.68. The number of para-hydroxylation sites is 1. The van der Waals surface area contributed by atoms with Crippen LogP contribution in [0.1, 0.15) is 53.6 Å². The minimum absolute atomic E-state index is 0.122. The molecule has 3 rings (SSSR count). The Balaban J connectivity index is 1.79. The maximum atomic E-state index is 12.4. The van der Waals surface area contributed by atoms with E-state index in [9.17, 15) is 4.79 Å². The monoisotopic (exact) mass is 403 g/mol. The maximum absolute atomic E-state index is 12.4. The fourth-order valence-corrected chi connectivity index (χ4v) is 3.48. The number of nitrogens with one attached hydrogen (secondary N) is 1. The van der Waals surface area contributed by atoms with Crippen LogP contribution >= 0.6 is 0 Å². The molecule has 0 aliphatic rings. The minimum atomic E-state index is -0.310. The maximum Gasteiger partial charge on any atom is 0.275 e. The van der Waals surface area contributed by atoms with Crippen molar-refractivity contribution < 1.29 is 9.53 Å². The van der Waals surface area contributed by atoms with E-state index in [4.69, 9.17) is 4.74 Å². The molecule has 1 heterocycles. The van der Waals surface area contributed by atoms with Crippen LogP contribution in [0.15, 0.2) is 59.7 Å². The van der Waals surface area contributed by atoms with Gasteiger partial charge in [-0.25, -0.2) is 5.43 Å². The van der Waals surface area contributed by atoms with Crippen LogP contribution in [0.5, 0.6) is 5.75 Å². The molecule has 3 aromatic rings. The van der Waals surface area contributed by atoms with Crippen molar-refractivity contribution in [3.8, 4) is 11.4 Å². The van der Waals surface area contributed by atoms with E-state index in [-0.39, 0.29) is 11.3 Å². The first-order chi connectivity index (χ1) is 14.2. The summed E-state index contributed by atoms with van der Waals surface area (Å²) >= 11 is 0. The van der Waals surface area contributed by atoms with E-state index in [1.165, 1.54) is 12.7 Å². The molecule has 1 amide bonds. The zero-order valence-corrected chi connectivity index (χ0v) is 18.5. The summed E-state index contributed by atoms with van der Waals surface area (Å²) in [4.78, 5) is 12.4. The molecule has 5 nitrogen and oxygen atoms in total. The highest BCUT2D eigenvalue weighted by Crippen LogP contribution is 2.25. The third kappa shape index (κ3) is 4.46. The second kappa shape index (κ2) is 8.57. The van der Waals surface area contributed by atoms with Gasteiger partial charge in [0.15, 0.2) is 0 Å². The van der Waals surface area contributed by atoms with Gasteiger partial charge in [0.25, 0.3) is 5.91 Å². The van der Waals surface area contributed by atoms with Gasteiger partial charge in [-0.15, -0.1) is 0 Å². The number of hydrogen-bond acceptors (Lipinski definition) is 3. The first-order valence-corrected chi connectivity index (χ1v) is 9.98. The molecule has 0 unspecified atom stereocenters. The molecule has 156 valence electrons. The van der Waals surface area contributed by atoms with Gasteiger partial charge in [0, 0.05) is 22.6 Å². The van der Waals surface area contributed by atoms with E-state index in [2.05, 4.69) is 73.1 Å². The van der Waals surface area contributed by atoms with Gasteiger partial charge in [-0.2, -0.15) is 5.10 Å². The van der Waals surface area contributed by atoms with E-state index in [0.717, 1.165) is 22.6 Å². The summed E-state index contributed by atoms with van der Waals surface area (Å²) in [7, 11) is 1.54. The van der Waals surface area contributed by atoms with Crippen molar-refractivity contribution >= 4 is 12.1 Å². The number of ether oxygens (including phenoxy) is 1. The summed E-state index contributed by atoms with van der Waals surface area (Å²) in [6.45, 7) is 10.7. The van der Waals surface area contributed by atoms with Crippen molar-refractivity contribution in [2.45, 2.75) is 40.0 Å². The fraction of sp³-hybridized carbons (Fsp3) is 0.280. The first-order valence-electron chi connectivity index (χ1n) is 9.98. The molecule has 0 fully saturated rings. The molecule has 30 heavy (non-hydrogen) atoms. The Labute approximate surface area is 178 Å². The topological polar surface area (TPSA) is 55.6 Å². The zero-order valence-electron chi connectivity index (χ0n) is 18.5. The van der Waals surface area contributed by atoms with Crippen LogP contribution in [-0.2, 0) is 5.41 Å². The highest BCUT2D eigenvalue weighted by Gasteiger charge is 2.15. The van der Waals surface area contributed by atoms with Crippen molar-refractivity contribution in [1.29, 1.82) is 0 Å². The Morgan fingerprint density at radius 3 is 2.37 bits per heavy atom. The smallest absolute Gasteiger partial charge is 0.275 e. The quantitative estimate of drug-likeness (QED) is 0.472.